The maximum absolute atomic E-state index is 11.9. The van der Waals surface area contributed by atoms with E-state index in [0.29, 0.717) is 10.6 Å². The third kappa shape index (κ3) is 2.45. The lowest BCUT2D eigenvalue weighted by atomic mass is 10.1. The molecule has 0 spiro atoms. The molecule has 12 heavy (non-hydrogen) atoms. The van der Waals surface area contributed by atoms with Crippen molar-refractivity contribution in [3.05, 3.63) is 34.3 Å². The van der Waals surface area contributed by atoms with Crippen molar-refractivity contribution < 1.29 is 8.78 Å². The fourth-order valence-electron chi connectivity index (χ4n) is 1.01. The Bertz CT molecular complexity index is 271. The normalized spacial score (nSPS) is 10.8. The predicted molar refractivity (Wildman–Crippen MR) is 45.9 cm³/mol. The second-order valence-corrected chi connectivity index (χ2v) is 3.09. The van der Waals surface area contributed by atoms with Crippen LogP contribution in [0.2, 0.25) is 5.02 Å². The van der Waals surface area contributed by atoms with Gasteiger partial charge in [0.2, 0.25) is 6.43 Å². The summed E-state index contributed by atoms with van der Waals surface area (Å²) in [7, 11) is 0. The number of benzene rings is 1. The van der Waals surface area contributed by atoms with Gasteiger partial charge < -0.3 is 0 Å². The molecular weight excluding hydrogens is 182 g/mol. The van der Waals surface area contributed by atoms with Gasteiger partial charge in [0.25, 0.3) is 0 Å². The van der Waals surface area contributed by atoms with E-state index in [0.717, 1.165) is 5.56 Å². The minimum atomic E-state index is -2.29. The molecule has 0 nitrogen and oxygen atoms in total. The minimum Gasteiger partial charge on any atom is -0.210 e. The van der Waals surface area contributed by atoms with E-state index in [2.05, 4.69) is 0 Å². The lowest BCUT2D eigenvalue weighted by Gasteiger charge is -2.02. The highest BCUT2D eigenvalue weighted by Crippen LogP contribution is 2.17. The van der Waals surface area contributed by atoms with Crippen LogP contribution in [-0.4, -0.2) is 6.43 Å². The third-order valence-corrected chi connectivity index (χ3v) is 2.04. The van der Waals surface area contributed by atoms with Crippen molar-refractivity contribution in [1.82, 2.24) is 0 Å². The first-order chi connectivity index (χ1) is 5.59. The first-order valence-electron chi connectivity index (χ1n) is 3.63. The maximum atomic E-state index is 11.9. The van der Waals surface area contributed by atoms with Gasteiger partial charge in [-0.3, -0.25) is 0 Å². The third-order valence-electron chi connectivity index (χ3n) is 1.61. The molecule has 1 aromatic rings. The molecule has 1 aromatic carbocycles. The summed E-state index contributed by atoms with van der Waals surface area (Å²) in [6, 6.07) is 4.96. The van der Waals surface area contributed by atoms with Crippen molar-refractivity contribution in [3.63, 3.8) is 0 Å². The quantitative estimate of drug-likeness (QED) is 0.670. The zero-order valence-electron chi connectivity index (χ0n) is 6.65. The largest absolute Gasteiger partial charge is 0.242 e. The highest BCUT2D eigenvalue weighted by atomic mass is 35.5. The van der Waals surface area contributed by atoms with Crippen molar-refractivity contribution in [3.8, 4) is 0 Å². The number of aryl methyl sites for hydroxylation is 1. The van der Waals surface area contributed by atoms with Crippen LogP contribution in [-0.2, 0) is 6.42 Å². The van der Waals surface area contributed by atoms with Gasteiger partial charge in [-0.25, -0.2) is 8.78 Å². The molecule has 0 saturated carbocycles. The first kappa shape index (κ1) is 9.46. The average molecular weight is 191 g/mol. The SMILES string of the molecule is Cc1cc(CC(F)F)ccc1Cl. The van der Waals surface area contributed by atoms with E-state index in [9.17, 15) is 8.78 Å². The molecule has 0 saturated heterocycles. The summed E-state index contributed by atoms with van der Waals surface area (Å²) in [6.45, 7) is 1.80. The smallest absolute Gasteiger partial charge is 0.210 e. The van der Waals surface area contributed by atoms with Gasteiger partial charge in [-0.1, -0.05) is 23.7 Å². The molecule has 0 aliphatic heterocycles. The van der Waals surface area contributed by atoms with E-state index < -0.39 is 6.43 Å². The standard InChI is InChI=1S/C9H9ClF2/c1-6-4-7(5-9(11)12)2-3-8(6)10/h2-4,9H,5H2,1H3. The fraction of sp³-hybridized carbons (Fsp3) is 0.333. The van der Waals surface area contributed by atoms with E-state index in [1.165, 1.54) is 0 Å². The number of rotatable bonds is 2. The molecule has 0 heterocycles. The van der Waals surface area contributed by atoms with E-state index in [1.807, 2.05) is 0 Å². The first-order valence-corrected chi connectivity index (χ1v) is 4.00. The highest BCUT2D eigenvalue weighted by molar-refractivity contribution is 6.31. The Balaban J connectivity index is 2.82. The van der Waals surface area contributed by atoms with Crippen LogP contribution in [0.3, 0.4) is 0 Å². The predicted octanol–water partition coefficient (Wildman–Crippen LogP) is 3.46. The molecule has 3 heteroatoms. The molecule has 0 unspecified atom stereocenters. The summed E-state index contributed by atoms with van der Waals surface area (Å²) < 4.78 is 23.8. The Morgan fingerprint density at radius 2 is 2.08 bits per heavy atom. The Kier molecular flexibility index (Phi) is 3.04. The molecule has 0 fully saturated rings. The van der Waals surface area contributed by atoms with E-state index in [4.69, 9.17) is 11.6 Å². The molecule has 0 atom stereocenters. The van der Waals surface area contributed by atoms with Crippen LogP contribution in [0.4, 0.5) is 8.78 Å². The van der Waals surface area contributed by atoms with Gasteiger partial charge in [0, 0.05) is 11.4 Å². The summed E-state index contributed by atoms with van der Waals surface area (Å²) >= 11 is 5.73. The molecule has 0 aliphatic rings. The van der Waals surface area contributed by atoms with Gasteiger partial charge in [-0.15, -0.1) is 0 Å². The Morgan fingerprint density at radius 3 is 2.58 bits per heavy atom. The van der Waals surface area contributed by atoms with Gasteiger partial charge in [0.15, 0.2) is 0 Å². The van der Waals surface area contributed by atoms with Crippen LogP contribution >= 0.6 is 11.6 Å². The summed E-state index contributed by atoms with van der Waals surface area (Å²) in [5.41, 5.74) is 1.47. The van der Waals surface area contributed by atoms with Crippen molar-refractivity contribution >= 4 is 11.6 Å². The molecule has 66 valence electrons. The van der Waals surface area contributed by atoms with Crippen LogP contribution in [0.5, 0.6) is 0 Å². The second-order valence-electron chi connectivity index (χ2n) is 2.68. The lowest BCUT2D eigenvalue weighted by molar-refractivity contribution is 0.149. The van der Waals surface area contributed by atoms with Crippen LogP contribution in [0.25, 0.3) is 0 Å². The highest BCUT2D eigenvalue weighted by Gasteiger charge is 2.05. The molecule has 0 amide bonds. The van der Waals surface area contributed by atoms with Crippen molar-refractivity contribution in [2.24, 2.45) is 0 Å². The Morgan fingerprint density at radius 1 is 1.42 bits per heavy atom. The fourth-order valence-corrected chi connectivity index (χ4v) is 1.13. The van der Waals surface area contributed by atoms with Crippen LogP contribution in [0.1, 0.15) is 11.1 Å². The van der Waals surface area contributed by atoms with Crippen LogP contribution < -0.4 is 0 Å². The number of alkyl halides is 2. The van der Waals surface area contributed by atoms with Crippen molar-refractivity contribution in [1.29, 1.82) is 0 Å². The van der Waals surface area contributed by atoms with Gasteiger partial charge in [0.05, 0.1) is 0 Å². The van der Waals surface area contributed by atoms with E-state index in [-0.39, 0.29) is 6.42 Å². The Hall–Kier alpha value is -0.630. The molecule has 0 radical (unpaired) electrons. The van der Waals surface area contributed by atoms with E-state index in [1.54, 1.807) is 25.1 Å². The molecular formula is C9H9ClF2. The van der Waals surface area contributed by atoms with Gasteiger partial charge in [-0.2, -0.15) is 0 Å². The van der Waals surface area contributed by atoms with Crippen molar-refractivity contribution in [2.75, 3.05) is 0 Å². The zero-order valence-corrected chi connectivity index (χ0v) is 7.41. The van der Waals surface area contributed by atoms with Gasteiger partial charge in [0.1, 0.15) is 0 Å². The summed E-state index contributed by atoms with van der Waals surface area (Å²) in [4.78, 5) is 0. The number of halogens is 3. The summed E-state index contributed by atoms with van der Waals surface area (Å²) in [6.07, 6.45) is -2.48. The second kappa shape index (κ2) is 3.85. The molecule has 1 rings (SSSR count). The number of hydrogen-bond acceptors (Lipinski definition) is 0. The molecule has 0 aliphatic carbocycles. The monoisotopic (exact) mass is 190 g/mol. The topological polar surface area (TPSA) is 0 Å². The zero-order chi connectivity index (χ0) is 9.14. The lowest BCUT2D eigenvalue weighted by Crippen LogP contribution is -1.96. The summed E-state index contributed by atoms with van der Waals surface area (Å²) in [5.74, 6) is 0. The van der Waals surface area contributed by atoms with E-state index >= 15 is 0 Å². The van der Waals surface area contributed by atoms with Crippen molar-refractivity contribution in [2.45, 2.75) is 19.8 Å². The van der Waals surface area contributed by atoms with Gasteiger partial charge in [-0.05, 0) is 24.1 Å². The number of hydrogen-bond donors (Lipinski definition) is 0. The van der Waals surface area contributed by atoms with Crippen LogP contribution in [0, 0.1) is 6.92 Å². The minimum absolute atomic E-state index is 0.196. The molecule has 0 aromatic heterocycles. The summed E-state index contributed by atoms with van der Waals surface area (Å²) in [5, 5.41) is 0.619. The van der Waals surface area contributed by atoms with Gasteiger partial charge >= 0.3 is 0 Å². The Labute approximate surface area is 75.2 Å². The average Bonchev–Trinajstić information content (AvgIpc) is 1.96. The maximum Gasteiger partial charge on any atom is 0.242 e. The molecule has 0 bridgehead atoms. The molecule has 0 N–H and O–H groups in total. The van der Waals surface area contributed by atoms with Crippen LogP contribution in [0.15, 0.2) is 18.2 Å².